The molecule has 0 radical (unpaired) electrons. The summed E-state index contributed by atoms with van der Waals surface area (Å²) in [6, 6.07) is 56.1. The maximum Gasteiger partial charge on any atom is -0.00768 e. The highest BCUT2D eigenvalue weighted by Gasteiger charge is 2.33. The van der Waals surface area contributed by atoms with Crippen molar-refractivity contribution >= 4 is 50.3 Å². The molecule has 0 saturated heterocycles. The lowest BCUT2D eigenvalue weighted by atomic mass is 10.4. The monoisotopic (exact) mass is 606 g/mol. The molecule has 2 aliphatic carbocycles. The molecule has 208 valence electrons. The minimum Gasteiger partial charge on any atom is -0.0794 e. The second-order valence-electron chi connectivity index (χ2n) is 10.6. The predicted molar refractivity (Wildman–Crippen MR) is 193 cm³/mol. The Bertz CT molecular complexity index is 1590. The van der Waals surface area contributed by atoms with E-state index in [1.165, 1.54) is 37.2 Å². The molecule has 7 rings (SSSR count). The van der Waals surface area contributed by atoms with Crippen molar-refractivity contribution in [3.05, 3.63) is 197 Å². The van der Waals surface area contributed by atoms with Gasteiger partial charge in [0, 0.05) is 0 Å². The van der Waals surface area contributed by atoms with Gasteiger partial charge in [0.05, 0.1) is 0 Å². The van der Waals surface area contributed by atoms with Crippen LogP contribution >= 0.6 is 23.8 Å². The lowest BCUT2D eigenvalue weighted by molar-refractivity contribution is 1.36. The van der Waals surface area contributed by atoms with Crippen molar-refractivity contribution in [2.45, 2.75) is 12.8 Å². The zero-order valence-corrected chi connectivity index (χ0v) is 26.7. The lowest BCUT2D eigenvalue weighted by Crippen LogP contribution is -2.14. The van der Waals surface area contributed by atoms with Gasteiger partial charge in [0.25, 0.3) is 0 Å². The molecular weight excluding hydrogens is 573 g/mol. The third kappa shape index (κ3) is 5.94. The summed E-state index contributed by atoms with van der Waals surface area (Å²) < 4.78 is 0. The normalized spacial score (nSPS) is 14.6. The third-order valence-electron chi connectivity index (χ3n) is 7.86. The van der Waals surface area contributed by atoms with Gasteiger partial charge in [-0.2, -0.15) is 0 Å². The molecule has 0 unspecified atom stereocenters. The highest BCUT2D eigenvalue weighted by molar-refractivity contribution is 7.81. The van der Waals surface area contributed by atoms with Crippen molar-refractivity contribution in [3.63, 3.8) is 0 Å². The molecular formula is C40H33P3. The van der Waals surface area contributed by atoms with Gasteiger partial charge >= 0.3 is 0 Å². The molecule has 5 aromatic rings. The summed E-state index contributed by atoms with van der Waals surface area (Å²) in [6.45, 7) is 0. The Morgan fingerprint density at radius 3 is 0.837 bits per heavy atom. The zero-order chi connectivity index (χ0) is 28.8. The van der Waals surface area contributed by atoms with E-state index < -0.39 is 23.8 Å². The first-order valence-electron chi connectivity index (χ1n) is 14.8. The third-order valence-corrected chi connectivity index (χ3v) is 16.0. The smallest absolute Gasteiger partial charge is 0.00768 e. The highest BCUT2D eigenvalue weighted by atomic mass is 31.1. The van der Waals surface area contributed by atoms with Crippen LogP contribution in [0.4, 0.5) is 0 Å². The van der Waals surface area contributed by atoms with Crippen LogP contribution in [-0.2, 0) is 0 Å². The van der Waals surface area contributed by atoms with E-state index in [0.717, 1.165) is 12.8 Å². The van der Waals surface area contributed by atoms with E-state index in [-0.39, 0.29) is 0 Å². The first-order chi connectivity index (χ1) is 21.4. The summed E-state index contributed by atoms with van der Waals surface area (Å²) in [5.41, 5.74) is 0. The molecule has 0 atom stereocenters. The van der Waals surface area contributed by atoms with Crippen LogP contribution in [-0.4, -0.2) is 0 Å². The molecule has 0 bridgehead atoms. The minimum atomic E-state index is -0.696. The maximum atomic E-state index is 2.46. The van der Waals surface area contributed by atoms with Gasteiger partial charge in [-0.1, -0.05) is 176 Å². The van der Waals surface area contributed by atoms with Crippen molar-refractivity contribution in [1.82, 2.24) is 0 Å². The van der Waals surface area contributed by atoms with E-state index >= 15 is 0 Å². The summed E-state index contributed by atoms with van der Waals surface area (Å²) in [6.07, 6.45) is 11.8. The quantitative estimate of drug-likeness (QED) is 0.147. The largest absolute Gasteiger partial charge is 0.0794 e. The highest BCUT2D eigenvalue weighted by Crippen LogP contribution is 2.66. The van der Waals surface area contributed by atoms with Crippen LogP contribution < -0.4 is 26.5 Å². The van der Waals surface area contributed by atoms with E-state index in [1.807, 2.05) is 0 Å². The Morgan fingerprint density at radius 1 is 0.302 bits per heavy atom. The number of allylic oxidation sites excluding steroid dienone is 8. The molecule has 0 nitrogen and oxygen atoms in total. The van der Waals surface area contributed by atoms with Crippen LogP contribution in [0.5, 0.6) is 0 Å². The topological polar surface area (TPSA) is 0 Å². The Kier molecular flexibility index (Phi) is 8.72. The summed E-state index contributed by atoms with van der Waals surface area (Å²) in [7, 11) is -2.05. The van der Waals surface area contributed by atoms with Crippen LogP contribution in [0.1, 0.15) is 12.8 Å². The van der Waals surface area contributed by atoms with Crippen LogP contribution in [0.15, 0.2) is 197 Å². The van der Waals surface area contributed by atoms with Crippen LogP contribution in [0.2, 0.25) is 0 Å². The average molecular weight is 607 g/mol. The Hall–Kier alpha value is -3.65. The maximum absolute atomic E-state index is 2.46. The van der Waals surface area contributed by atoms with E-state index in [1.54, 1.807) is 10.6 Å². The molecule has 3 heteroatoms. The molecule has 0 saturated carbocycles. The van der Waals surface area contributed by atoms with E-state index in [4.69, 9.17) is 0 Å². The van der Waals surface area contributed by atoms with E-state index in [2.05, 4.69) is 176 Å². The van der Waals surface area contributed by atoms with E-state index in [9.17, 15) is 0 Å². The summed E-state index contributed by atoms with van der Waals surface area (Å²) >= 11 is 0. The predicted octanol–water partition coefficient (Wildman–Crippen LogP) is 9.40. The van der Waals surface area contributed by atoms with Gasteiger partial charge in [-0.3, -0.25) is 0 Å². The molecule has 0 amide bonds. The molecule has 0 heterocycles. The fraction of sp³-hybridized carbons (Fsp3) is 0.0500. The summed E-state index contributed by atoms with van der Waals surface area (Å²) in [5, 5.41) is 13.4. The number of hydrogen-bond acceptors (Lipinski definition) is 0. The van der Waals surface area contributed by atoms with Gasteiger partial charge in [-0.15, -0.1) is 0 Å². The van der Waals surface area contributed by atoms with Crippen LogP contribution in [0, 0.1) is 0 Å². The summed E-state index contributed by atoms with van der Waals surface area (Å²) in [5.74, 6) is 0. The Morgan fingerprint density at radius 2 is 0.558 bits per heavy atom. The first kappa shape index (κ1) is 28.1. The van der Waals surface area contributed by atoms with Gasteiger partial charge in [0.1, 0.15) is 0 Å². The second-order valence-corrected chi connectivity index (χ2v) is 17.2. The number of rotatable bonds is 9. The first-order valence-corrected chi connectivity index (χ1v) is 18.9. The number of benzene rings is 5. The van der Waals surface area contributed by atoms with Gasteiger partial charge in [0.2, 0.25) is 0 Å². The van der Waals surface area contributed by atoms with Crippen molar-refractivity contribution in [2.24, 2.45) is 0 Å². The Balaban J connectivity index is 1.45. The fourth-order valence-electron chi connectivity index (χ4n) is 6.00. The average Bonchev–Trinajstić information content (AvgIpc) is 3.75. The molecule has 5 aromatic carbocycles. The molecule has 43 heavy (non-hydrogen) atoms. The van der Waals surface area contributed by atoms with Crippen molar-refractivity contribution < 1.29 is 0 Å². The van der Waals surface area contributed by atoms with Gasteiger partial charge < -0.3 is 0 Å². The zero-order valence-electron chi connectivity index (χ0n) is 24.0. The van der Waals surface area contributed by atoms with Crippen molar-refractivity contribution in [1.29, 1.82) is 0 Å². The van der Waals surface area contributed by atoms with Gasteiger partial charge in [-0.05, 0) is 84.4 Å². The van der Waals surface area contributed by atoms with Crippen molar-refractivity contribution in [3.8, 4) is 0 Å². The minimum absolute atomic E-state index is 0.674. The fourth-order valence-corrected chi connectivity index (χ4v) is 14.6. The van der Waals surface area contributed by atoms with Crippen LogP contribution in [0.25, 0.3) is 0 Å². The SMILES string of the molecule is C1=CC(P(c2ccccc2)c2ccccc2)=C(P(C2=C(P(c3ccccc3)c3ccccc3)C=CC2)c2ccccc2)C1. The number of hydrogen-bond donors (Lipinski definition) is 0. The molecule has 0 aliphatic heterocycles. The molecule has 2 aliphatic rings. The summed E-state index contributed by atoms with van der Waals surface area (Å²) in [4.78, 5) is 0. The van der Waals surface area contributed by atoms with Crippen LogP contribution in [0.3, 0.4) is 0 Å². The standard InChI is InChI=1S/C40H33P3/c1-6-18-32(19-7-1)41(33-20-8-2-9-21-33)37-28-16-30-39(37)43(36-26-14-5-15-27-36)40-31-17-29-38(40)42(34-22-10-3-11-23-34)35-24-12-4-13-25-35/h1-29H,30-31H2. The van der Waals surface area contributed by atoms with Gasteiger partial charge in [0.15, 0.2) is 0 Å². The Labute approximate surface area is 259 Å². The second kappa shape index (κ2) is 13.3. The van der Waals surface area contributed by atoms with Gasteiger partial charge in [-0.25, -0.2) is 0 Å². The lowest BCUT2D eigenvalue weighted by Gasteiger charge is -2.30. The molecule has 0 aromatic heterocycles. The van der Waals surface area contributed by atoms with E-state index in [0.29, 0.717) is 0 Å². The molecule has 0 fully saturated rings. The van der Waals surface area contributed by atoms with Crippen molar-refractivity contribution in [2.75, 3.05) is 0 Å². The molecule has 0 N–H and O–H groups in total. The molecule has 0 spiro atoms.